The standard InChI is InChI=1S/C10H11N5O2/c1-7-8(15(16)17)3-4-9(11-7)12-10-5-6-14(2)13-10/h3-6H,1-2H3,(H,11,12,13). The van der Waals surface area contributed by atoms with Crippen molar-refractivity contribution in [1.29, 1.82) is 0 Å². The van der Waals surface area contributed by atoms with E-state index in [1.807, 2.05) is 0 Å². The van der Waals surface area contributed by atoms with Gasteiger partial charge in [-0.15, -0.1) is 0 Å². The van der Waals surface area contributed by atoms with Gasteiger partial charge in [-0.2, -0.15) is 5.10 Å². The van der Waals surface area contributed by atoms with Gasteiger partial charge < -0.3 is 5.32 Å². The number of anilines is 2. The first-order valence-corrected chi connectivity index (χ1v) is 4.95. The summed E-state index contributed by atoms with van der Waals surface area (Å²) in [5.41, 5.74) is 0.382. The highest BCUT2D eigenvalue weighted by atomic mass is 16.6. The van der Waals surface area contributed by atoms with E-state index in [0.717, 1.165) is 0 Å². The molecule has 88 valence electrons. The van der Waals surface area contributed by atoms with E-state index in [4.69, 9.17) is 0 Å². The zero-order chi connectivity index (χ0) is 12.4. The van der Waals surface area contributed by atoms with Crippen molar-refractivity contribution in [2.24, 2.45) is 7.05 Å². The minimum absolute atomic E-state index is 0.0107. The number of hydrogen-bond donors (Lipinski definition) is 1. The van der Waals surface area contributed by atoms with E-state index in [1.54, 1.807) is 37.0 Å². The van der Waals surface area contributed by atoms with Crippen LogP contribution in [-0.2, 0) is 7.05 Å². The lowest BCUT2D eigenvalue weighted by molar-refractivity contribution is -0.385. The van der Waals surface area contributed by atoms with Crippen LogP contribution in [0.15, 0.2) is 24.4 Å². The lowest BCUT2D eigenvalue weighted by Gasteiger charge is -2.03. The Morgan fingerprint density at radius 1 is 1.35 bits per heavy atom. The molecule has 0 saturated carbocycles. The van der Waals surface area contributed by atoms with Gasteiger partial charge in [0.1, 0.15) is 11.5 Å². The molecule has 7 heteroatoms. The van der Waals surface area contributed by atoms with Gasteiger partial charge in [-0.1, -0.05) is 0 Å². The molecule has 0 aromatic carbocycles. The summed E-state index contributed by atoms with van der Waals surface area (Å²) in [6.45, 7) is 1.60. The van der Waals surface area contributed by atoms with Crippen molar-refractivity contribution in [1.82, 2.24) is 14.8 Å². The van der Waals surface area contributed by atoms with Crippen molar-refractivity contribution >= 4 is 17.3 Å². The number of rotatable bonds is 3. The average molecular weight is 233 g/mol. The highest BCUT2D eigenvalue weighted by Gasteiger charge is 2.11. The van der Waals surface area contributed by atoms with E-state index in [1.165, 1.54) is 6.07 Å². The molecule has 0 unspecified atom stereocenters. The predicted octanol–water partition coefficient (Wildman–Crippen LogP) is 1.78. The first-order valence-electron chi connectivity index (χ1n) is 4.95. The second-order valence-electron chi connectivity index (χ2n) is 3.56. The molecule has 0 aliphatic rings. The van der Waals surface area contributed by atoms with Gasteiger partial charge in [0.15, 0.2) is 5.82 Å². The summed E-state index contributed by atoms with van der Waals surface area (Å²) in [7, 11) is 1.81. The molecule has 0 amide bonds. The molecule has 2 rings (SSSR count). The highest BCUT2D eigenvalue weighted by Crippen LogP contribution is 2.19. The van der Waals surface area contributed by atoms with Crippen LogP contribution in [0.2, 0.25) is 0 Å². The minimum Gasteiger partial charge on any atom is -0.323 e. The third kappa shape index (κ3) is 2.39. The van der Waals surface area contributed by atoms with E-state index in [2.05, 4.69) is 15.4 Å². The molecule has 2 aromatic rings. The molecular formula is C10H11N5O2. The topological polar surface area (TPSA) is 85.9 Å². The Bertz CT molecular complexity index is 564. The third-order valence-corrected chi connectivity index (χ3v) is 2.22. The molecule has 7 nitrogen and oxygen atoms in total. The first-order chi connectivity index (χ1) is 8.06. The van der Waals surface area contributed by atoms with Crippen LogP contribution in [0, 0.1) is 17.0 Å². The Morgan fingerprint density at radius 2 is 2.12 bits per heavy atom. The SMILES string of the molecule is Cc1nc(Nc2ccn(C)n2)ccc1[N+](=O)[O-]. The normalized spacial score (nSPS) is 10.2. The van der Waals surface area contributed by atoms with Gasteiger partial charge in [-0.3, -0.25) is 14.8 Å². The average Bonchev–Trinajstić information content (AvgIpc) is 2.63. The summed E-state index contributed by atoms with van der Waals surface area (Å²) < 4.78 is 1.65. The molecule has 0 atom stereocenters. The first kappa shape index (κ1) is 11.1. The Morgan fingerprint density at radius 3 is 2.65 bits per heavy atom. The molecule has 2 heterocycles. The maximum absolute atomic E-state index is 10.6. The fourth-order valence-corrected chi connectivity index (χ4v) is 1.43. The van der Waals surface area contributed by atoms with Gasteiger partial charge >= 0.3 is 0 Å². The number of nitrogens with one attached hydrogen (secondary N) is 1. The van der Waals surface area contributed by atoms with Gasteiger partial charge in [0.25, 0.3) is 5.69 Å². The molecule has 0 aliphatic carbocycles. The van der Waals surface area contributed by atoms with E-state index in [0.29, 0.717) is 17.3 Å². The third-order valence-electron chi connectivity index (χ3n) is 2.22. The lowest BCUT2D eigenvalue weighted by Crippen LogP contribution is -1.99. The van der Waals surface area contributed by atoms with Crippen molar-refractivity contribution in [2.45, 2.75) is 6.92 Å². The number of hydrogen-bond acceptors (Lipinski definition) is 5. The summed E-state index contributed by atoms with van der Waals surface area (Å²) in [5.74, 6) is 1.18. The molecule has 0 fully saturated rings. The molecule has 0 bridgehead atoms. The van der Waals surface area contributed by atoms with Gasteiger partial charge in [0.05, 0.1) is 4.92 Å². The van der Waals surface area contributed by atoms with Crippen molar-refractivity contribution in [3.8, 4) is 0 Å². The molecule has 0 aliphatic heterocycles. The maximum atomic E-state index is 10.6. The predicted molar refractivity (Wildman–Crippen MR) is 62.1 cm³/mol. The summed E-state index contributed by atoms with van der Waals surface area (Å²) >= 11 is 0. The Balaban J connectivity index is 2.23. The number of nitro groups is 1. The summed E-state index contributed by atoms with van der Waals surface area (Å²) in [5, 5.41) is 17.7. The Kier molecular flexibility index (Phi) is 2.73. The fraction of sp³-hybridized carbons (Fsp3) is 0.200. The summed E-state index contributed by atoms with van der Waals surface area (Å²) in [4.78, 5) is 14.3. The maximum Gasteiger partial charge on any atom is 0.290 e. The van der Waals surface area contributed by atoms with Crippen LogP contribution in [0.5, 0.6) is 0 Å². The minimum atomic E-state index is -0.452. The van der Waals surface area contributed by atoms with Crippen molar-refractivity contribution < 1.29 is 4.92 Å². The molecule has 2 aromatic heterocycles. The fourth-order valence-electron chi connectivity index (χ4n) is 1.43. The molecule has 0 radical (unpaired) electrons. The number of aromatic nitrogens is 3. The number of aryl methyl sites for hydroxylation is 2. The van der Waals surface area contributed by atoms with Crippen LogP contribution in [0.4, 0.5) is 17.3 Å². The van der Waals surface area contributed by atoms with Gasteiger partial charge in [0.2, 0.25) is 0 Å². The largest absolute Gasteiger partial charge is 0.323 e. The van der Waals surface area contributed by atoms with Gasteiger partial charge in [-0.05, 0) is 13.0 Å². The quantitative estimate of drug-likeness (QED) is 0.645. The van der Waals surface area contributed by atoms with Crippen LogP contribution in [0.25, 0.3) is 0 Å². The zero-order valence-corrected chi connectivity index (χ0v) is 9.41. The highest BCUT2D eigenvalue weighted by molar-refractivity contribution is 5.53. The Hall–Kier alpha value is -2.44. The number of nitrogens with zero attached hydrogens (tertiary/aromatic N) is 4. The molecule has 0 spiro atoms. The van der Waals surface area contributed by atoms with E-state index < -0.39 is 4.92 Å². The lowest BCUT2D eigenvalue weighted by atomic mass is 10.3. The van der Waals surface area contributed by atoms with Crippen molar-refractivity contribution in [3.05, 3.63) is 40.2 Å². The molecule has 17 heavy (non-hydrogen) atoms. The van der Waals surface area contributed by atoms with Crippen LogP contribution >= 0.6 is 0 Å². The second kappa shape index (κ2) is 4.20. The van der Waals surface area contributed by atoms with Crippen LogP contribution < -0.4 is 5.32 Å². The second-order valence-corrected chi connectivity index (χ2v) is 3.56. The smallest absolute Gasteiger partial charge is 0.290 e. The summed E-state index contributed by atoms with van der Waals surface area (Å²) in [6.07, 6.45) is 1.79. The van der Waals surface area contributed by atoms with E-state index in [-0.39, 0.29) is 5.69 Å². The van der Waals surface area contributed by atoms with Crippen molar-refractivity contribution in [2.75, 3.05) is 5.32 Å². The molecule has 0 saturated heterocycles. The summed E-state index contributed by atoms with van der Waals surface area (Å²) in [6, 6.07) is 4.77. The van der Waals surface area contributed by atoms with Crippen LogP contribution in [0.1, 0.15) is 5.69 Å². The molecule has 1 N–H and O–H groups in total. The number of pyridine rings is 1. The monoisotopic (exact) mass is 233 g/mol. The van der Waals surface area contributed by atoms with Gasteiger partial charge in [-0.25, -0.2) is 4.98 Å². The Labute approximate surface area is 97.2 Å². The van der Waals surface area contributed by atoms with Crippen LogP contribution in [0.3, 0.4) is 0 Å². The van der Waals surface area contributed by atoms with Crippen molar-refractivity contribution in [3.63, 3.8) is 0 Å². The van der Waals surface area contributed by atoms with Gasteiger partial charge in [0, 0.05) is 25.4 Å². The van der Waals surface area contributed by atoms with E-state index >= 15 is 0 Å². The zero-order valence-electron chi connectivity index (χ0n) is 9.41. The van der Waals surface area contributed by atoms with Crippen LogP contribution in [-0.4, -0.2) is 19.7 Å². The van der Waals surface area contributed by atoms with E-state index in [9.17, 15) is 10.1 Å². The molecular weight excluding hydrogens is 222 g/mol.